The van der Waals surface area contributed by atoms with Gasteiger partial charge >= 0.3 is 0 Å². The molecule has 0 radical (unpaired) electrons. The molecular weight excluding hydrogens is 174 g/mol. The van der Waals surface area contributed by atoms with Crippen LogP contribution in [0.1, 0.15) is 12.5 Å². The fraction of sp³-hybridized carbons (Fsp3) is 0.333. The fourth-order valence-corrected chi connectivity index (χ4v) is 0.875. The van der Waals surface area contributed by atoms with Gasteiger partial charge in [0, 0.05) is 11.8 Å². The van der Waals surface area contributed by atoms with E-state index in [0.717, 1.165) is 17.0 Å². The van der Waals surface area contributed by atoms with Crippen LogP contribution in [-0.4, -0.2) is 6.61 Å². The fourth-order valence-electron chi connectivity index (χ4n) is 0.875. The molecule has 0 aliphatic rings. The van der Waals surface area contributed by atoms with Crippen LogP contribution in [-0.2, 0) is 0 Å². The van der Waals surface area contributed by atoms with Crippen LogP contribution >= 0.6 is 12.4 Å². The number of aryl methyl sites for hydroxylation is 1. The molecule has 3 heteroatoms. The van der Waals surface area contributed by atoms with Gasteiger partial charge in [0.2, 0.25) is 0 Å². The number of nitrogen functional groups attached to an aromatic ring is 1. The van der Waals surface area contributed by atoms with Gasteiger partial charge in [-0.1, -0.05) is 6.07 Å². The molecule has 0 heterocycles. The zero-order chi connectivity index (χ0) is 8.27. The van der Waals surface area contributed by atoms with Crippen LogP contribution in [0.2, 0.25) is 0 Å². The highest BCUT2D eigenvalue weighted by atomic mass is 35.5. The van der Waals surface area contributed by atoms with Crippen LogP contribution in [0.5, 0.6) is 5.75 Å². The third-order valence-electron chi connectivity index (χ3n) is 1.56. The monoisotopic (exact) mass is 187 g/mol. The molecule has 0 aliphatic heterocycles. The van der Waals surface area contributed by atoms with Crippen molar-refractivity contribution in [1.82, 2.24) is 0 Å². The highest BCUT2D eigenvalue weighted by molar-refractivity contribution is 5.85. The van der Waals surface area contributed by atoms with Gasteiger partial charge in [0.25, 0.3) is 0 Å². The van der Waals surface area contributed by atoms with Gasteiger partial charge in [-0.2, -0.15) is 0 Å². The summed E-state index contributed by atoms with van der Waals surface area (Å²) >= 11 is 0. The van der Waals surface area contributed by atoms with Crippen molar-refractivity contribution >= 4 is 18.1 Å². The topological polar surface area (TPSA) is 35.2 Å². The zero-order valence-electron chi connectivity index (χ0n) is 7.33. The minimum Gasteiger partial charge on any atom is -0.494 e. The first-order valence-corrected chi connectivity index (χ1v) is 3.73. The summed E-state index contributed by atoms with van der Waals surface area (Å²) in [5.41, 5.74) is 7.55. The Kier molecular flexibility index (Phi) is 4.52. The van der Waals surface area contributed by atoms with Gasteiger partial charge in [-0.15, -0.1) is 12.4 Å². The van der Waals surface area contributed by atoms with E-state index in [1.807, 2.05) is 32.0 Å². The van der Waals surface area contributed by atoms with Crippen molar-refractivity contribution in [2.75, 3.05) is 12.3 Å². The smallest absolute Gasteiger partial charge is 0.121 e. The summed E-state index contributed by atoms with van der Waals surface area (Å²) in [6.45, 7) is 4.61. The molecule has 1 rings (SSSR count). The van der Waals surface area contributed by atoms with E-state index in [0.29, 0.717) is 6.61 Å². The predicted molar refractivity (Wildman–Crippen MR) is 54.0 cm³/mol. The van der Waals surface area contributed by atoms with Gasteiger partial charge in [-0.05, 0) is 25.5 Å². The van der Waals surface area contributed by atoms with Crippen LogP contribution in [0.15, 0.2) is 18.2 Å². The Hall–Kier alpha value is -0.890. The molecule has 0 spiro atoms. The summed E-state index contributed by atoms with van der Waals surface area (Å²) < 4.78 is 5.26. The van der Waals surface area contributed by atoms with E-state index < -0.39 is 0 Å². The molecule has 0 aromatic heterocycles. The Morgan fingerprint density at radius 3 is 2.58 bits per heavy atom. The molecule has 1 aromatic carbocycles. The maximum atomic E-state index is 5.67. The summed E-state index contributed by atoms with van der Waals surface area (Å²) in [4.78, 5) is 0. The first-order valence-electron chi connectivity index (χ1n) is 3.73. The maximum absolute atomic E-state index is 5.67. The van der Waals surface area contributed by atoms with Crippen molar-refractivity contribution < 1.29 is 4.74 Å². The number of hydrogen-bond donors (Lipinski definition) is 1. The molecule has 0 atom stereocenters. The van der Waals surface area contributed by atoms with Gasteiger partial charge in [-0.3, -0.25) is 0 Å². The van der Waals surface area contributed by atoms with Crippen molar-refractivity contribution in [1.29, 1.82) is 0 Å². The Morgan fingerprint density at radius 1 is 1.42 bits per heavy atom. The van der Waals surface area contributed by atoms with Gasteiger partial charge in [-0.25, -0.2) is 0 Å². The van der Waals surface area contributed by atoms with Crippen LogP contribution in [0.4, 0.5) is 5.69 Å². The number of ether oxygens (including phenoxy) is 1. The molecular formula is C9H14ClNO. The third-order valence-corrected chi connectivity index (χ3v) is 1.56. The minimum absolute atomic E-state index is 0. The summed E-state index contributed by atoms with van der Waals surface area (Å²) in [5, 5.41) is 0. The lowest BCUT2D eigenvalue weighted by Crippen LogP contribution is -1.94. The van der Waals surface area contributed by atoms with E-state index >= 15 is 0 Å². The van der Waals surface area contributed by atoms with Gasteiger partial charge in [0.05, 0.1) is 6.61 Å². The van der Waals surface area contributed by atoms with Crippen LogP contribution in [0, 0.1) is 6.92 Å². The number of hydrogen-bond acceptors (Lipinski definition) is 2. The van der Waals surface area contributed by atoms with Crippen molar-refractivity contribution in [2.45, 2.75) is 13.8 Å². The standard InChI is InChI=1S/C9H13NO.ClH/c1-3-11-8-5-4-7(2)9(10)6-8;/h4-6H,3,10H2,1-2H3;1H. The van der Waals surface area contributed by atoms with E-state index in [4.69, 9.17) is 10.5 Å². The second kappa shape index (κ2) is 4.88. The second-order valence-corrected chi connectivity index (χ2v) is 2.45. The van der Waals surface area contributed by atoms with E-state index in [1.165, 1.54) is 0 Å². The molecule has 2 nitrogen and oxygen atoms in total. The molecule has 0 aliphatic carbocycles. The number of anilines is 1. The molecule has 0 saturated heterocycles. The summed E-state index contributed by atoms with van der Waals surface area (Å²) in [7, 11) is 0. The molecule has 0 amide bonds. The lowest BCUT2D eigenvalue weighted by molar-refractivity contribution is 0.340. The largest absolute Gasteiger partial charge is 0.494 e. The van der Waals surface area contributed by atoms with Crippen molar-refractivity contribution in [3.63, 3.8) is 0 Å². The van der Waals surface area contributed by atoms with Gasteiger partial charge < -0.3 is 10.5 Å². The Balaban J connectivity index is 0.00000121. The molecule has 0 saturated carbocycles. The molecule has 2 N–H and O–H groups in total. The van der Waals surface area contributed by atoms with E-state index in [-0.39, 0.29) is 12.4 Å². The molecule has 0 bridgehead atoms. The Morgan fingerprint density at radius 2 is 2.08 bits per heavy atom. The summed E-state index contributed by atoms with van der Waals surface area (Å²) in [6, 6.07) is 5.73. The van der Waals surface area contributed by atoms with E-state index in [9.17, 15) is 0 Å². The highest BCUT2D eigenvalue weighted by Gasteiger charge is 1.95. The first kappa shape index (κ1) is 11.1. The lowest BCUT2D eigenvalue weighted by Gasteiger charge is -2.04. The molecule has 12 heavy (non-hydrogen) atoms. The average molecular weight is 188 g/mol. The Bertz CT molecular complexity index is 250. The van der Waals surface area contributed by atoms with Gasteiger partial charge in [0.1, 0.15) is 5.75 Å². The highest BCUT2D eigenvalue weighted by Crippen LogP contribution is 2.18. The average Bonchev–Trinajstić information content (AvgIpc) is 1.98. The second-order valence-electron chi connectivity index (χ2n) is 2.45. The SMILES string of the molecule is CCOc1ccc(C)c(N)c1.Cl. The van der Waals surface area contributed by atoms with Gasteiger partial charge in [0.15, 0.2) is 0 Å². The first-order chi connectivity index (χ1) is 5.24. The zero-order valence-corrected chi connectivity index (χ0v) is 8.15. The molecule has 0 fully saturated rings. The number of benzene rings is 1. The maximum Gasteiger partial charge on any atom is 0.121 e. The quantitative estimate of drug-likeness (QED) is 0.722. The van der Waals surface area contributed by atoms with Crippen LogP contribution < -0.4 is 10.5 Å². The molecule has 0 unspecified atom stereocenters. The lowest BCUT2D eigenvalue weighted by atomic mass is 10.2. The number of rotatable bonds is 2. The van der Waals surface area contributed by atoms with Crippen molar-refractivity contribution in [3.8, 4) is 5.75 Å². The molecule has 1 aromatic rings. The third kappa shape index (κ3) is 2.62. The Labute approximate surface area is 79.1 Å². The number of halogens is 1. The normalized spacial score (nSPS) is 8.83. The predicted octanol–water partition coefficient (Wildman–Crippen LogP) is 2.40. The van der Waals surface area contributed by atoms with E-state index in [2.05, 4.69) is 0 Å². The van der Waals surface area contributed by atoms with Crippen molar-refractivity contribution in [3.05, 3.63) is 23.8 Å². The summed E-state index contributed by atoms with van der Waals surface area (Å²) in [5.74, 6) is 0.843. The summed E-state index contributed by atoms with van der Waals surface area (Å²) in [6.07, 6.45) is 0. The molecule has 68 valence electrons. The minimum atomic E-state index is 0. The van der Waals surface area contributed by atoms with Crippen LogP contribution in [0.25, 0.3) is 0 Å². The van der Waals surface area contributed by atoms with Crippen molar-refractivity contribution in [2.24, 2.45) is 0 Å². The number of nitrogens with two attached hydrogens (primary N) is 1. The van der Waals surface area contributed by atoms with E-state index in [1.54, 1.807) is 0 Å². The van der Waals surface area contributed by atoms with Crippen LogP contribution in [0.3, 0.4) is 0 Å².